The molecule has 5 heteroatoms. The molecular formula is C14H20ClNO2S. The van der Waals surface area contributed by atoms with Crippen LogP contribution in [0.25, 0.3) is 0 Å². The topological polar surface area (TPSA) is 38.3 Å². The van der Waals surface area contributed by atoms with Gasteiger partial charge in [-0.1, -0.05) is 11.6 Å². The van der Waals surface area contributed by atoms with E-state index < -0.39 is 10.8 Å². The van der Waals surface area contributed by atoms with Crippen LogP contribution in [-0.2, 0) is 23.8 Å². The standard InChI is InChI=1S/C14H20ClNO2S/c1-10(4-6-19(2)17)16-9-12-8-13(15)7-11-3-5-18-14(11)12/h7-8,10,16H,3-6,9H2,1-2H3. The lowest BCUT2D eigenvalue weighted by atomic mass is 10.1. The molecule has 1 heterocycles. The Morgan fingerprint density at radius 3 is 3.05 bits per heavy atom. The van der Waals surface area contributed by atoms with E-state index in [4.69, 9.17) is 16.3 Å². The summed E-state index contributed by atoms with van der Waals surface area (Å²) in [4.78, 5) is 0. The number of rotatable bonds is 6. The van der Waals surface area contributed by atoms with Crippen LogP contribution in [0.15, 0.2) is 12.1 Å². The summed E-state index contributed by atoms with van der Waals surface area (Å²) in [5.41, 5.74) is 2.32. The van der Waals surface area contributed by atoms with Crippen LogP contribution in [0.2, 0.25) is 5.02 Å². The first-order valence-electron chi connectivity index (χ1n) is 6.54. The lowest BCUT2D eigenvalue weighted by Gasteiger charge is -2.15. The number of ether oxygens (including phenoxy) is 1. The van der Waals surface area contributed by atoms with Gasteiger partial charge in [-0.25, -0.2) is 0 Å². The van der Waals surface area contributed by atoms with E-state index in [1.807, 2.05) is 12.1 Å². The van der Waals surface area contributed by atoms with E-state index in [1.165, 1.54) is 5.56 Å². The number of nitrogens with one attached hydrogen (secondary N) is 1. The fourth-order valence-corrected chi connectivity index (χ4v) is 3.16. The predicted molar refractivity (Wildman–Crippen MR) is 80.5 cm³/mol. The maximum atomic E-state index is 11.1. The molecule has 0 radical (unpaired) electrons. The van der Waals surface area contributed by atoms with E-state index in [9.17, 15) is 4.21 Å². The van der Waals surface area contributed by atoms with Crippen LogP contribution in [0.5, 0.6) is 5.75 Å². The normalized spacial score (nSPS) is 16.8. The molecular weight excluding hydrogens is 282 g/mol. The molecule has 0 amide bonds. The van der Waals surface area contributed by atoms with Gasteiger partial charge in [-0.2, -0.15) is 0 Å². The Hall–Kier alpha value is -0.580. The first kappa shape index (κ1) is 14.8. The Bertz CT molecular complexity index is 479. The second-order valence-corrected chi connectivity index (χ2v) is 6.99. The summed E-state index contributed by atoms with van der Waals surface area (Å²) in [5.74, 6) is 1.72. The third-order valence-electron chi connectivity index (χ3n) is 3.30. The fourth-order valence-electron chi connectivity index (χ4n) is 2.21. The molecule has 106 valence electrons. The highest BCUT2D eigenvalue weighted by Gasteiger charge is 2.17. The molecule has 1 aromatic carbocycles. The van der Waals surface area contributed by atoms with Gasteiger partial charge >= 0.3 is 0 Å². The summed E-state index contributed by atoms with van der Waals surface area (Å²) < 4.78 is 16.7. The monoisotopic (exact) mass is 301 g/mol. The van der Waals surface area contributed by atoms with Crippen molar-refractivity contribution in [1.29, 1.82) is 0 Å². The average molecular weight is 302 g/mol. The predicted octanol–water partition coefficient (Wildman–Crippen LogP) is 2.52. The van der Waals surface area contributed by atoms with Gasteiger partial charge in [-0.3, -0.25) is 4.21 Å². The fraction of sp³-hybridized carbons (Fsp3) is 0.571. The van der Waals surface area contributed by atoms with Crippen LogP contribution in [0.1, 0.15) is 24.5 Å². The molecule has 0 saturated heterocycles. The Morgan fingerprint density at radius 2 is 2.32 bits per heavy atom. The molecule has 0 bridgehead atoms. The van der Waals surface area contributed by atoms with Crippen LogP contribution in [0.4, 0.5) is 0 Å². The van der Waals surface area contributed by atoms with E-state index in [2.05, 4.69) is 12.2 Å². The summed E-state index contributed by atoms with van der Waals surface area (Å²) in [5, 5.41) is 4.21. The number of hydrogen-bond acceptors (Lipinski definition) is 3. The number of fused-ring (bicyclic) bond motifs is 1. The third kappa shape index (κ3) is 4.20. The molecule has 1 aliphatic rings. The van der Waals surface area contributed by atoms with Crippen molar-refractivity contribution < 1.29 is 8.95 Å². The Balaban J connectivity index is 1.94. The molecule has 1 N–H and O–H groups in total. The van der Waals surface area contributed by atoms with Crippen molar-refractivity contribution in [1.82, 2.24) is 5.32 Å². The van der Waals surface area contributed by atoms with E-state index >= 15 is 0 Å². The van der Waals surface area contributed by atoms with Crippen molar-refractivity contribution in [3.05, 3.63) is 28.3 Å². The molecule has 19 heavy (non-hydrogen) atoms. The van der Waals surface area contributed by atoms with Gasteiger partial charge in [0.15, 0.2) is 0 Å². The molecule has 2 unspecified atom stereocenters. The first-order chi connectivity index (χ1) is 9.06. The summed E-state index contributed by atoms with van der Waals surface area (Å²) in [6, 6.07) is 4.28. The van der Waals surface area contributed by atoms with Crippen molar-refractivity contribution in [3.63, 3.8) is 0 Å². The van der Waals surface area contributed by atoms with Crippen molar-refractivity contribution in [2.45, 2.75) is 32.4 Å². The Kier molecular flexibility index (Phi) is 5.25. The number of hydrogen-bond donors (Lipinski definition) is 1. The van der Waals surface area contributed by atoms with E-state index in [0.29, 0.717) is 6.04 Å². The first-order valence-corrected chi connectivity index (χ1v) is 8.64. The minimum Gasteiger partial charge on any atom is -0.493 e. The van der Waals surface area contributed by atoms with Crippen LogP contribution < -0.4 is 10.1 Å². The average Bonchev–Trinajstić information content (AvgIpc) is 2.81. The second-order valence-electron chi connectivity index (χ2n) is 5.00. The Labute approximate surface area is 122 Å². The minimum absolute atomic E-state index is 0.333. The summed E-state index contributed by atoms with van der Waals surface area (Å²) in [6.07, 6.45) is 3.59. The molecule has 1 aromatic rings. The summed E-state index contributed by atoms with van der Waals surface area (Å²) >= 11 is 6.12. The van der Waals surface area contributed by atoms with Gasteiger partial charge in [0.2, 0.25) is 0 Å². The van der Waals surface area contributed by atoms with Gasteiger partial charge in [-0.15, -0.1) is 0 Å². The zero-order valence-electron chi connectivity index (χ0n) is 11.4. The van der Waals surface area contributed by atoms with E-state index in [-0.39, 0.29) is 0 Å². The largest absolute Gasteiger partial charge is 0.493 e. The van der Waals surface area contributed by atoms with Crippen LogP contribution >= 0.6 is 11.6 Å². The van der Waals surface area contributed by atoms with Crippen molar-refractivity contribution in [3.8, 4) is 5.75 Å². The maximum Gasteiger partial charge on any atom is 0.127 e. The molecule has 2 atom stereocenters. The van der Waals surface area contributed by atoms with E-state index in [0.717, 1.165) is 48.1 Å². The van der Waals surface area contributed by atoms with Gasteiger partial charge in [0.05, 0.1) is 6.61 Å². The third-order valence-corrected chi connectivity index (χ3v) is 4.33. The lowest BCUT2D eigenvalue weighted by molar-refractivity contribution is 0.351. The summed E-state index contributed by atoms with van der Waals surface area (Å²) in [7, 11) is -0.723. The maximum absolute atomic E-state index is 11.1. The molecule has 0 aromatic heterocycles. The van der Waals surface area contributed by atoms with Crippen LogP contribution in [0, 0.1) is 0 Å². The smallest absolute Gasteiger partial charge is 0.127 e. The zero-order chi connectivity index (χ0) is 13.8. The SMILES string of the molecule is CC(CCS(C)=O)NCc1cc(Cl)cc2c1OCC2. The highest BCUT2D eigenvalue weighted by molar-refractivity contribution is 7.84. The molecule has 1 aliphatic heterocycles. The molecule has 0 spiro atoms. The number of benzene rings is 1. The van der Waals surface area contributed by atoms with Gasteiger partial charge in [-0.05, 0) is 31.0 Å². The quantitative estimate of drug-likeness (QED) is 0.877. The van der Waals surface area contributed by atoms with E-state index in [1.54, 1.807) is 6.26 Å². The lowest BCUT2D eigenvalue weighted by Crippen LogP contribution is -2.27. The van der Waals surface area contributed by atoms with Crippen molar-refractivity contribution in [2.24, 2.45) is 0 Å². The van der Waals surface area contributed by atoms with Crippen molar-refractivity contribution in [2.75, 3.05) is 18.6 Å². The molecule has 0 fully saturated rings. The van der Waals surface area contributed by atoms with Gasteiger partial charge < -0.3 is 10.1 Å². The minimum atomic E-state index is -0.723. The zero-order valence-corrected chi connectivity index (χ0v) is 12.9. The highest BCUT2D eigenvalue weighted by Crippen LogP contribution is 2.32. The molecule has 0 saturated carbocycles. The van der Waals surface area contributed by atoms with Crippen molar-refractivity contribution >= 4 is 22.4 Å². The highest BCUT2D eigenvalue weighted by atomic mass is 35.5. The molecule has 3 nitrogen and oxygen atoms in total. The Morgan fingerprint density at radius 1 is 1.53 bits per heavy atom. The van der Waals surface area contributed by atoms with Crippen LogP contribution in [0.3, 0.4) is 0 Å². The van der Waals surface area contributed by atoms with Gasteiger partial charge in [0, 0.05) is 52.4 Å². The number of halogens is 1. The summed E-state index contributed by atoms with van der Waals surface area (Å²) in [6.45, 7) is 3.59. The molecule has 2 rings (SSSR count). The van der Waals surface area contributed by atoms with Gasteiger partial charge in [0.1, 0.15) is 5.75 Å². The van der Waals surface area contributed by atoms with Gasteiger partial charge in [0.25, 0.3) is 0 Å². The van der Waals surface area contributed by atoms with Crippen LogP contribution in [-0.4, -0.2) is 28.9 Å². The molecule has 0 aliphatic carbocycles. The second kappa shape index (κ2) is 6.73.